The maximum absolute atomic E-state index is 12.3. The van der Waals surface area contributed by atoms with E-state index in [0.29, 0.717) is 42.2 Å². The summed E-state index contributed by atoms with van der Waals surface area (Å²) in [6.45, 7) is 3.43. The lowest BCUT2D eigenvalue weighted by atomic mass is 9.87. The highest BCUT2D eigenvalue weighted by atomic mass is 16.6. The molecule has 10 nitrogen and oxygen atoms in total. The Morgan fingerprint density at radius 2 is 2.03 bits per heavy atom. The first-order chi connectivity index (χ1) is 16.3. The lowest BCUT2D eigenvalue weighted by Gasteiger charge is -2.27. The van der Waals surface area contributed by atoms with Gasteiger partial charge >= 0.3 is 5.97 Å². The number of aliphatic hydroxyl groups excluding tert-OH is 2. The second-order valence-corrected chi connectivity index (χ2v) is 9.51. The number of aromatic nitrogens is 3. The molecule has 1 aliphatic heterocycles. The van der Waals surface area contributed by atoms with Crippen molar-refractivity contribution in [1.29, 1.82) is 0 Å². The van der Waals surface area contributed by atoms with Crippen molar-refractivity contribution in [2.45, 2.75) is 89.1 Å². The molecule has 0 spiro atoms. The number of hydrogen-bond acceptors (Lipinski definition) is 8. The smallest absolute Gasteiger partial charge is 0.306 e. The van der Waals surface area contributed by atoms with E-state index in [1.807, 2.05) is 6.92 Å². The maximum Gasteiger partial charge on any atom is 0.306 e. The van der Waals surface area contributed by atoms with E-state index in [1.54, 1.807) is 19.1 Å². The number of nitrogens with zero attached hydrogens (tertiary/aromatic N) is 3. The van der Waals surface area contributed by atoms with Gasteiger partial charge in [-0.05, 0) is 44.2 Å². The zero-order valence-electron chi connectivity index (χ0n) is 19.8. The van der Waals surface area contributed by atoms with Crippen LogP contribution in [0.3, 0.4) is 0 Å². The molecule has 3 N–H and O–H groups in total. The van der Waals surface area contributed by atoms with E-state index in [4.69, 9.17) is 9.47 Å². The second kappa shape index (κ2) is 10.4. The Hall–Kier alpha value is -2.56. The normalized spacial score (nSPS) is 27.7. The first-order valence-corrected chi connectivity index (χ1v) is 12.2. The molecule has 4 rings (SSSR count). The Kier molecular flexibility index (Phi) is 7.49. The summed E-state index contributed by atoms with van der Waals surface area (Å²) in [4.78, 5) is 28.5. The summed E-state index contributed by atoms with van der Waals surface area (Å²) in [5.74, 6) is 0.244. The molecule has 2 aromatic heterocycles. The number of aliphatic hydroxyl groups is 2. The van der Waals surface area contributed by atoms with Crippen LogP contribution in [0.1, 0.15) is 70.9 Å². The average molecular weight is 475 g/mol. The summed E-state index contributed by atoms with van der Waals surface area (Å²) < 4.78 is 13.0. The number of nitrogens with one attached hydrogen (secondary N) is 1. The molecule has 34 heavy (non-hydrogen) atoms. The van der Waals surface area contributed by atoms with Crippen molar-refractivity contribution in [1.82, 2.24) is 14.6 Å². The lowest BCUT2D eigenvalue weighted by Crippen LogP contribution is -2.39. The topological polar surface area (TPSA) is 135 Å². The molecule has 0 unspecified atom stereocenters. The summed E-state index contributed by atoms with van der Waals surface area (Å²) in [5.41, 5.74) is -0.292. The van der Waals surface area contributed by atoms with Gasteiger partial charge in [0.05, 0.1) is 5.69 Å². The van der Waals surface area contributed by atoms with Crippen LogP contribution in [-0.4, -0.2) is 61.6 Å². The molecule has 2 aromatic rings. The third kappa shape index (κ3) is 4.94. The largest absolute Gasteiger partial charge is 0.463 e. The van der Waals surface area contributed by atoms with Crippen LogP contribution in [0.25, 0.3) is 5.52 Å². The van der Waals surface area contributed by atoms with E-state index in [2.05, 4.69) is 15.4 Å². The summed E-state index contributed by atoms with van der Waals surface area (Å²) >= 11 is 0. The van der Waals surface area contributed by atoms with Crippen LogP contribution in [0.2, 0.25) is 0 Å². The van der Waals surface area contributed by atoms with Gasteiger partial charge in [-0.3, -0.25) is 9.59 Å². The van der Waals surface area contributed by atoms with E-state index in [-0.39, 0.29) is 18.5 Å². The highest BCUT2D eigenvalue weighted by Crippen LogP contribution is 2.40. The molecule has 186 valence electrons. The van der Waals surface area contributed by atoms with Crippen LogP contribution in [0.5, 0.6) is 0 Å². The first kappa shape index (κ1) is 24.6. The number of ether oxygens (including phenoxy) is 2. The summed E-state index contributed by atoms with van der Waals surface area (Å²) in [6, 6.07) is 3.44. The lowest BCUT2D eigenvalue weighted by molar-refractivity contribution is -0.153. The van der Waals surface area contributed by atoms with Crippen molar-refractivity contribution in [2.24, 2.45) is 5.92 Å². The SMILES string of the molecule is CCCC(=O)Nc1ncnn2c([C@]3(C)O[C@H](COC(=O)CC4CCCCC4)[C@@H](O)[C@H]3O)ccc12. The standard InChI is InChI=1S/C24H34N4O6/c1-3-7-19(29)27-23-16-10-11-18(28(16)26-14-25-23)24(2)22(32)21(31)17(34-24)13-33-20(30)12-15-8-5-4-6-9-15/h10-11,14-15,17,21-22,31-32H,3-9,12-13H2,1-2H3,(H,25,26,27,29)/t17-,21-,22-,24+/m1/s1. The number of carbonyl (C=O) groups excluding carboxylic acids is 2. The number of amides is 1. The fourth-order valence-corrected chi connectivity index (χ4v) is 5.02. The molecule has 1 saturated heterocycles. The predicted octanol–water partition coefficient (Wildman–Crippen LogP) is 2.32. The first-order valence-electron chi connectivity index (χ1n) is 12.2. The van der Waals surface area contributed by atoms with Gasteiger partial charge in [-0.1, -0.05) is 26.2 Å². The van der Waals surface area contributed by atoms with Gasteiger partial charge in [0.15, 0.2) is 5.82 Å². The van der Waals surface area contributed by atoms with Crippen LogP contribution in [0, 0.1) is 5.92 Å². The molecular formula is C24H34N4O6. The molecule has 10 heteroatoms. The molecule has 2 fully saturated rings. The van der Waals surface area contributed by atoms with Crippen LogP contribution < -0.4 is 5.32 Å². The highest BCUT2D eigenvalue weighted by Gasteiger charge is 2.54. The van der Waals surface area contributed by atoms with Crippen LogP contribution in [-0.2, 0) is 24.7 Å². The van der Waals surface area contributed by atoms with Crippen molar-refractivity contribution in [2.75, 3.05) is 11.9 Å². The van der Waals surface area contributed by atoms with E-state index in [1.165, 1.54) is 17.3 Å². The average Bonchev–Trinajstić information content (AvgIpc) is 3.35. The molecule has 0 aromatic carbocycles. The fourth-order valence-electron chi connectivity index (χ4n) is 5.02. The van der Waals surface area contributed by atoms with E-state index < -0.39 is 23.9 Å². The maximum atomic E-state index is 12.3. The molecule has 2 aliphatic rings. The van der Waals surface area contributed by atoms with Crippen molar-refractivity contribution in [3.63, 3.8) is 0 Å². The van der Waals surface area contributed by atoms with Gasteiger partial charge in [0.25, 0.3) is 0 Å². The number of esters is 1. The van der Waals surface area contributed by atoms with Gasteiger partial charge in [0.1, 0.15) is 42.4 Å². The van der Waals surface area contributed by atoms with E-state index in [9.17, 15) is 19.8 Å². The van der Waals surface area contributed by atoms with E-state index >= 15 is 0 Å². The Balaban J connectivity index is 1.46. The van der Waals surface area contributed by atoms with Crippen LogP contribution in [0.15, 0.2) is 18.5 Å². The number of carbonyl (C=O) groups is 2. The van der Waals surface area contributed by atoms with Gasteiger partial charge in [-0.2, -0.15) is 5.10 Å². The molecule has 0 bridgehead atoms. The van der Waals surface area contributed by atoms with Gasteiger partial charge in [-0.15, -0.1) is 0 Å². The minimum atomic E-state index is -1.31. The Bertz CT molecular complexity index is 1020. The minimum absolute atomic E-state index is 0.143. The molecule has 1 saturated carbocycles. The molecule has 0 radical (unpaired) electrons. The predicted molar refractivity (Wildman–Crippen MR) is 123 cm³/mol. The quantitative estimate of drug-likeness (QED) is 0.496. The number of anilines is 1. The van der Waals surface area contributed by atoms with Gasteiger partial charge < -0.3 is 25.0 Å². The van der Waals surface area contributed by atoms with Gasteiger partial charge in [-0.25, -0.2) is 9.50 Å². The van der Waals surface area contributed by atoms with Crippen LogP contribution in [0.4, 0.5) is 5.82 Å². The van der Waals surface area contributed by atoms with E-state index in [0.717, 1.165) is 25.7 Å². The Morgan fingerprint density at radius 3 is 2.76 bits per heavy atom. The summed E-state index contributed by atoms with van der Waals surface area (Å²) in [6.07, 6.45) is 4.94. The van der Waals surface area contributed by atoms with Crippen molar-refractivity contribution in [3.05, 3.63) is 24.2 Å². The fraction of sp³-hybridized carbons (Fsp3) is 0.667. The molecule has 1 amide bonds. The number of hydrogen-bond donors (Lipinski definition) is 3. The molecule has 1 aliphatic carbocycles. The van der Waals surface area contributed by atoms with Crippen molar-refractivity contribution >= 4 is 23.2 Å². The number of rotatable bonds is 8. The van der Waals surface area contributed by atoms with Crippen molar-refractivity contribution in [3.8, 4) is 0 Å². The third-order valence-corrected chi connectivity index (χ3v) is 6.95. The van der Waals surface area contributed by atoms with Crippen LogP contribution >= 0.6 is 0 Å². The summed E-state index contributed by atoms with van der Waals surface area (Å²) in [7, 11) is 0. The summed E-state index contributed by atoms with van der Waals surface area (Å²) in [5, 5.41) is 28.6. The third-order valence-electron chi connectivity index (χ3n) is 6.95. The van der Waals surface area contributed by atoms with Gasteiger partial charge in [0, 0.05) is 12.8 Å². The zero-order valence-corrected chi connectivity index (χ0v) is 19.8. The minimum Gasteiger partial charge on any atom is -0.463 e. The monoisotopic (exact) mass is 474 g/mol. The van der Waals surface area contributed by atoms with Crippen molar-refractivity contribution < 1.29 is 29.3 Å². The molecular weight excluding hydrogens is 440 g/mol. The second-order valence-electron chi connectivity index (χ2n) is 9.51. The molecule has 4 atom stereocenters. The zero-order chi connectivity index (χ0) is 24.3. The Labute approximate surface area is 198 Å². The molecule has 3 heterocycles. The van der Waals surface area contributed by atoms with Gasteiger partial charge in [0.2, 0.25) is 5.91 Å². The Morgan fingerprint density at radius 1 is 1.26 bits per heavy atom. The number of fused-ring (bicyclic) bond motifs is 1. The highest BCUT2D eigenvalue weighted by molar-refractivity contribution is 5.93.